The molecule has 28 heavy (non-hydrogen) atoms. The molecule has 0 spiro atoms. The number of rotatable bonds is 7. The second-order valence-electron chi connectivity index (χ2n) is 6.99. The van der Waals surface area contributed by atoms with E-state index < -0.39 is 0 Å². The predicted molar refractivity (Wildman–Crippen MR) is 114 cm³/mol. The SMILES string of the molecule is Cc1cccc(C)c1NC(=O)CNC(=O)[C@@H](C)[NH+](C)Cc1cccc(Cl)c1Cl. The van der Waals surface area contributed by atoms with Gasteiger partial charge in [-0.15, -0.1) is 0 Å². The summed E-state index contributed by atoms with van der Waals surface area (Å²) in [6.07, 6.45) is 0. The first kappa shape index (κ1) is 22.2. The minimum atomic E-state index is -0.358. The van der Waals surface area contributed by atoms with Crippen molar-refractivity contribution in [1.29, 1.82) is 0 Å². The molecule has 2 aromatic carbocycles. The van der Waals surface area contributed by atoms with Crippen LogP contribution in [0.25, 0.3) is 0 Å². The Kier molecular flexibility index (Phi) is 7.87. The number of carbonyl (C=O) groups is 2. The molecule has 2 aromatic rings. The minimum Gasteiger partial charge on any atom is -0.342 e. The first-order valence-corrected chi connectivity index (χ1v) is 9.85. The van der Waals surface area contributed by atoms with Gasteiger partial charge in [-0.2, -0.15) is 0 Å². The summed E-state index contributed by atoms with van der Waals surface area (Å²) in [7, 11) is 1.90. The van der Waals surface area contributed by atoms with Gasteiger partial charge in [0.15, 0.2) is 6.04 Å². The van der Waals surface area contributed by atoms with Gasteiger partial charge in [0.1, 0.15) is 6.54 Å². The second kappa shape index (κ2) is 9.92. The van der Waals surface area contributed by atoms with Crippen molar-refractivity contribution in [3.63, 3.8) is 0 Å². The lowest BCUT2D eigenvalue weighted by Gasteiger charge is -2.21. The molecule has 5 nitrogen and oxygen atoms in total. The molecule has 0 aliphatic rings. The van der Waals surface area contributed by atoms with Crippen LogP contribution in [0.4, 0.5) is 5.69 Å². The Morgan fingerprint density at radius 3 is 2.32 bits per heavy atom. The van der Waals surface area contributed by atoms with Crippen molar-refractivity contribution in [2.24, 2.45) is 0 Å². The van der Waals surface area contributed by atoms with E-state index in [1.54, 1.807) is 6.07 Å². The second-order valence-corrected chi connectivity index (χ2v) is 7.78. The number of para-hydroxylation sites is 1. The molecule has 0 radical (unpaired) electrons. The Labute approximate surface area is 176 Å². The molecule has 2 rings (SSSR count). The van der Waals surface area contributed by atoms with Gasteiger partial charge in [0, 0.05) is 11.3 Å². The number of aryl methyl sites for hydroxylation is 2. The molecule has 3 N–H and O–H groups in total. The molecular formula is C21H26Cl2N3O2+. The molecule has 0 aromatic heterocycles. The normalized spacial score (nSPS) is 12.9. The van der Waals surface area contributed by atoms with E-state index in [-0.39, 0.29) is 24.4 Å². The lowest BCUT2D eigenvalue weighted by atomic mass is 10.1. The van der Waals surface area contributed by atoms with Crippen LogP contribution in [0, 0.1) is 13.8 Å². The lowest BCUT2D eigenvalue weighted by Crippen LogP contribution is -3.12. The molecule has 2 atom stereocenters. The number of likely N-dealkylation sites (N-methyl/N-ethyl adjacent to an activating group) is 1. The van der Waals surface area contributed by atoms with Gasteiger partial charge in [0.05, 0.1) is 23.6 Å². The standard InChI is InChI=1S/C21H25Cl2N3O2/c1-13-7-5-8-14(2)20(13)25-18(27)11-24-21(28)15(3)26(4)12-16-9-6-10-17(22)19(16)23/h5-10,15H,11-12H2,1-4H3,(H,24,28)(H,25,27)/p+1/t15-/m1/s1. The fourth-order valence-electron chi connectivity index (χ4n) is 2.88. The Hall–Kier alpha value is -2.08. The van der Waals surface area contributed by atoms with Crippen molar-refractivity contribution >= 4 is 40.7 Å². The highest BCUT2D eigenvalue weighted by atomic mass is 35.5. The number of benzene rings is 2. The summed E-state index contributed by atoms with van der Waals surface area (Å²) in [5.41, 5.74) is 3.62. The monoisotopic (exact) mass is 422 g/mol. The average molecular weight is 423 g/mol. The predicted octanol–water partition coefficient (Wildman–Crippen LogP) is 2.77. The van der Waals surface area contributed by atoms with Crippen LogP contribution >= 0.6 is 23.2 Å². The first-order chi connectivity index (χ1) is 13.2. The van der Waals surface area contributed by atoms with Crippen LogP contribution in [-0.4, -0.2) is 31.4 Å². The van der Waals surface area contributed by atoms with E-state index in [1.165, 1.54) is 0 Å². The molecule has 0 saturated heterocycles. The quantitative estimate of drug-likeness (QED) is 0.642. The van der Waals surface area contributed by atoms with Crippen LogP contribution in [0.15, 0.2) is 36.4 Å². The van der Waals surface area contributed by atoms with Crippen LogP contribution in [-0.2, 0) is 16.1 Å². The smallest absolute Gasteiger partial charge is 0.278 e. The number of hydrogen-bond acceptors (Lipinski definition) is 2. The number of nitrogens with one attached hydrogen (secondary N) is 3. The zero-order chi connectivity index (χ0) is 20.8. The van der Waals surface area contributed by atoms with Crippen LogP contribution in [0.1, 0.15) is 23.6 Å². The number of carbonyl (C=O) groups excluding carboxylic acids is 2. The van der Waals surface area contributed by atoms with Gasteiger partial charge in [0.2, 0.25) is 5.91 Å². The van der Waals surface area contributed by atoms with E-state index in [0.29, 0.717) is 16.6 Å². The Morgan fingerprint density at radius 1 is 1.07 bits per heavy atom. The molecule has 0 aliphatic heterocycles. The summed E-state index contributed by atoms with van der Waals surface area (Å²) in [5, 5.41) is 6.56. The molecule has 0 saturated carbocycles. The van der Waals surface area contributed by atoms with E-state index >= 15 is 0 Å². The van der Waals surface area contributed by atoms with Crippen molar-refractivity contribution < 1.29 is 14.5 Å². The summed E-state index contributed by atoms with van der Waals surface area (Å²) in [5.74, 6) is -0.458. The van der Waals surface area contributed by atoms with E-state index in [2.05, 4.69) is 10.6 Å². The van der Waals surface area contributed by atoms with Crippen molar-refractivity contribution in [1.82, 2.24) is 5.32 Å². The maximum atomic E-state index is 12.4. The van der Waals surface area contributed by atoms with E-state index in [4.69, 9.17) is 23.2 Å². The molecule has 0 heterocycles. The highest BCUT2D eigenvalue weighted by molar-refractivity contribution is 6.42. The molecule has 150 valence electrons. The van der Waals surface area contributed by atoms with Gasteiger partial charge >= 0.3 is 0 Å². The van der Waals surface area contributed by atoms with Gasteiger partial charge in [-0.25, -0.2) is 0 Å². The number of hydrogen-bond donors (Lipinski definition) is 3. The van der Waals surface area contributed by atoms with Crippen LogP contribution in [0.5, 0.6) is 0 Å². The third-order valence-electron chi connectivity index (χ3n) is 4.80. The molecule has 1 unspecified atom stereocenters. The molecule has 0 fully saturated rings. The highest BCUT2D eigenvalue weighted by Gasteiger charge is 2.23. The Balaban J connectivity index is 1.89. The maximum absolute atomic E-state index is 12.4. The third-order valence-corrected chi connectivity index (χ3v) is 5.66. The van der Waals surface area contributed by atoms with Gasteiger partial charge < -0.3 is 15.5 Å². The number of anilines is 1. The summed E-state index contributed by atoms with van der Waals surface area (Å²) in [6, 6.07) is 10.9. The number of quaternary nitrogens is 1. The molecule has 0 bridgehead atoms. The highest BCUT2D eigenvalue weighted by Crippen LogP contribution is 2.24. The zero-order valence-corrected chi connectivity index (χ0v) is 18.0. The van der Waals surface area contributed by atoms with Crippen LogP contribution < -0.4 is 15.5 Å². The summed E-state index contributed by atoms with van der Waals surface area (Å²) >= 11 is 12.3. The largest absolute Gasteiger partial charge is 0.342 e. The minimum absolute atomic E-state index is 0.0812. The fraction of sp³-hybridized carbons (Fsp3) is 0.333. The van der Waals surface area contributed by atoms with Crippen LogP contribution in [0.3, 0.4) is 0 Å². The van der Waals surface area contributed by atoms with Gasteiger partial charge in [-0.05, 0) is 38.0 Å². The van der Waals surface area contributed by atoms with E-state index in [0.717, 1.165) is 27.3 Å². The van der Waals surface area contributed by atoms with Gasteiger partial charge in [-0.1, -0.05) is 53.5 Å². The summed E-state index contributed by atoms with van der Waals surface area (Å²) < 4.78 is 0. The first-order valence-electron chi connectivity index (χ1n) is 9.09. The maximum Gasteiger partial charge on any atom is 0.278 e. The van der Waals surface area contributed by atoms with Gasteiger partial charge in [-0.3, -0.25) is 9.59 Å². The summed E-state index contributed by atoms with van der Waals surface area (Å²) in [6.45, 7) is 6.14. The van der Waals surface area contributed by atoms with Crippen molar-refractivity contribution in [2.45, 2.75) is 33.4 Å². The summed E-state index contributed by atoms with van der Waals surface area (Å²) in [4.78, 5) is 25.6. The molecular weight excluding hydrogens is 397 g/mol. The topological polar surface area (TPSA) is 62.6 Å². The molecule has 7 heteroatoms. The van der Waals surface area contributed by atoms with Crippen molar-refractivity contribution in [3.05, 3.63) is 63.1 Å². The van der Waals surface area contributed by atoms with Crippen LogP contribution in [0.2, 0.25) is 10.0 Å². The number of halogens is 2. The zero-order valence-electron chi connectivity index (χ0n) is 16.5. The number of amides is 2. The van der Waals surface area contributed by atoms with Crippen molar-refractivity contribution in [2.75, 3.05) is 18.9 Å². The third kappa shape index (κ3) is 5.71. The molecule has 2 amide bonds. The molecule has 0 aliphatic carbocycles. The lowest BCUT2D eigenvalue weighted by molar-refractivity contribution is -0.908. The Bertz CT molecular complexity index is 850. The average Bonchev–Trinajstić information content (AvgIpc) is 2.65. The van der Waals surface area contributed by atoms with Gasteiger partial charge in [0.25, 0.3) is 5.91 Å². The van der Waals surface area contributed by atoms with E-state index in [1.807, 2.05) is 58.2 Å². The van der Waals surface area contributed by atoms with E-state index in [9.17, 15) is 9.59 Å². The Morgan fingerprint density at radius 2 is 1.68 bits per heavy atom. The fourth-order valence-corrected chi connectivity index (χ4v) is 3.26. The van der Waals surface area contributed by atoms with Crippen molar-refractivity contribution in [3.8, 4) is 0 Å².